The molecule has 0 bridgehead atoms. The van der Waals surface area contributed by atoms with E-state index in [9.17, 15) is 27.6 Å². The van der Waals surface area contributed by atoms with Crippen LogP contribution in [-0.2, 0) is 28.9 Å². The minimum absolute atomic E-state index is 0.110. The molecule has 244 valence electrons. The lowest BCUT2D eigenvalue weighted by atomic mass is 9.75. The molecule has 2 amide bonds. The van der Waals surface area contributed by atoms with Crippen LogP contribution < -0.4 is 4.74 Å². The molecule has 0 saturated carbocycles. The van der Waals surface area contributed by atoms with Crippen molar-refractivity contribution < 1.29 is 37.0 Å². The van der Waals surface area contributed by atoms with E-state index in [1.165, 1.54) is 12.0 Å². The summed E-state index contributed by atoms with van der Waals surface area (Å²) < 4.78 is 54.9. The quantitative estimate of drug-likeness (QED) is 0.194. The van der Waals surface area contributed by atoms with Gasteiger partial charge in [-0.1, -0.05) is 30.3 Å². The molecule has 4 aromatic rings. The van der Waals surface area contributed by atoms with E-state index in [0.29, 0.717) is 29.0 Å². The molecule has 47 heavy (non-hydrogen) atoms. The monoisotopic (exact) mass is 645 g/mol. The number of nitrogens with zero attached hydrogens (tertiary/aromatic N) is 3. The largest absolute Gasteiger partial charge is 0.497 e. The Balaban J connectivity index is 1.54. The summed E-state index contributed by atoms with van der Waals surface area (Å²) in [7, 11) is 6.02. The molecule has 1 aliphatic heterocycles. The maximum absolute atomic E-state index is 14.3. The molecule has 6 rings (SSSR count). The van der Waals surface area contributed by atoms with Crippen molar-refractivity contribution in [2.24, 2.45) is 5.92 Å². The van der Waals surface area contributed by atoms with E-state index in [2.05, 4.69) is 0 Å². The summed E-state index contributed by atoms with van der Waals surface area (Å²) in [6.45, 7) is 0.100. The number of carbonyl (C=O) groups excluding carboxylic acids is 3. The van der Waals surface area contributed by atoms with Crippen molar-refractivity contribution >= 4 is 17.8 Å². The highest BCUT2D eigenvalue weighted by Crippen LogP contribution is 2.55. The summed E-state index contributed by atoms with van der Waals surface area (Å²) in [4.78, 5) is 45.0. The normalized spacial score (nSPS) is 19.7. The van der Waals surface area contributed by atoms with Gasteiger partial charge in [-0.05, 0) is 71.5 Å². The zero-order chi connectivity index (χ0) is 33.6. The van der Waals surface area contributed by atoms with Crippen molar-refractivity contribution in [2.75, 3.05) is 34.9 Å². The summed E-state index contributed by atoms with van der Waals surface area (Å²) in [5.74, 6) is -5.75. The van der Waals surface area contributed by atoms with E-state index >= 15 is 0 Å². The van der Waals surface area contributed by atoms with Gasteiger partial charge in [0, 0.05) is 50.8 Å². The second kappa shape index (κ2) is 12.3. The van der Waals surface area contributed by atoms with Crippen molar-refractivity contribution in [1.29, 1.82) is 0 Å². The number of carbonyl (C=O) groups is 3. The number of hydrogen-bond donors (Lipinski definition) is 0. The van der Waals surface area contributed by atoms with Crippen LogP contribution >= 0.6 is 0 Å². The van der Waals surface area contributed by atoms with Crippen molar-refractivity contribution in [3.8, 4) is 5.75 Å². The number of methoxy groups -OCH3 is 2. The van der Waals surface area contributed by atoms with Crippen molar-refractivity contribution in [3.63, 3.8) is 0 Å². The molecule has 1 fully saturated rings. The van der Waals surface area contributed by atoms with E-state index in [-0.39, 0.29) is 48.5 Å². The van der Waals surface area contributed by atoms with E-state index in [1.807, 2.05) is 12.1 Å². The van der Waals surface area contributed by atoms with Crippen LogP contribution in [0.5, 0.6) is 5.75 Å². The first-order chi connectivity index (χ1) is 22.5. The van der Waals surface area contributed by atoms with Gasteiger partial charge in [0.05, 0.1) is 14.2 Å². The van der Waals surface area contributed by atoms with E-state index in [0.717, 1.165) is 17.7 Å². The maximum Gasteiger partial charge on any atom is 0.332 e. The fourth-order valence-corrected chi connectivity index (χ4v) is 7.33. The minimum Gasteiger partial charge on any atom is -0.497 e. The van der Waals surface area contributed by atoms with Crippen LogP contribution in [0.15, 0.2) is 72.8 Å². The van der Waals surface area contributed by atoms with Crippen LogP contribution in [-0.4, -0.2) is 72.5 Å². The Morgan fingerprint density at radius 3 is 2.17 bits per heavy atom. The molecule has 11 heteroatoms. The third kappa shape index (κ3) is 5.33. The summed E-state index contributed by atoms with van der Waals surface area (Å²) in [5, 5.41) is 0. The average Bonchev–Trinajstić information content (AvgIpc) is 3.71. The summed E-state index contributed by atoms with van der Waals surface area (Å²) >= 11 is 0. The number of esters is 1. The number of amides is 2. The van der Waals surface area contributed by atoms with Gasteiger partial charge in [0.25, 0.3) is 11.8 Å². The van der Waals surface area contributed by atoms with Gasteiger partial charge in [0.1, 0.15) is 11.4 Å². The zero-order valence-corrected chi connectivity index (χ0v) is 26.4. The first kappa shape index (κ1) is 31.9. The Labute approximate surface area is 270 Å². The molecule has 0 radical (unpaired) electrons. The van der Waals surface area contributed by atoms with Crippen molar-refractivity contribution in [1.82, 2.24) is 14.4 Å². The fourth-order valence-electron chi connectivity index (χ4n) is 7.33. The SMILES string of the molecule is COC(=O)[C@@]1(Cc2ccc(OC)cc2)[C@H]2c3cc(C(=O)N(C)C)n(Cc4cc(F)c(F)c(F)c4)c3C[C@H]2CN1C(=O)c1ccccc1. The Bertz CT molecular complexity index is 1830. The highest BCUT2D eigenvalue weighted by atomic mass is 19.2. The smallest absolute Gasteiger partial charge is 0.332 e. The van der Waals surface area contributed by atoms with Crippen LogP contribution in [0.1, 0.15) is 49.1 Å². The number of halogens is 3. The average molecular weight is 646 g/mol. The van der Waals surface area contributed by atoms with Crippen LogP contribution in [0.4, 0.5) is 13.2 Å². The maximum atomic E-state index is 14.3. The lowest BCUT2D eigenvalue weighted by Crippen LogP contribution is -2.58. The molecule has 2 aliphatic rings. The Morgan fingerprint density at radius 1 is 0.915 bits per heavy atom. The van der Waals surface area contributed by atoms with Crippen LogP contribution in [0.3, 0.4) is 0 Å². The van der Waals surface area contributed by atoms with Crippen molar-refractivity contribution in [2.45, 2.75) is 30.8 Å². The van der Waals surface area contributed by atoms with Gasteiger partial charge >= 0.3 is 5.97 Å². The lowest BCUT2D eigenvalue weighted by Gasteiger charge is -2.40. The predicted molar refractivity (Wildman–Crippen MR) is 167 cm³/mol. The summed E-state index contributed by atoms with van der Waals surface area (Å²) in [5.41, 5.74) is 1.40. The number of hydrogen-bond acceptors (Lipinski definition) is 5. The standard InChI is InChI=1S/C36H34F3N3O5/c1-40(2)34(44)30-17-26-29(41(30)19-22-14-27(37)32(39)28(38)15-22)16-24-20-42(33(43)23-8-6-5-7-9-23)36(31(24)26,35(45)47-4)18-21-10-12-25(46-3)13-11-21/h5-15,17,24,31H,16,18-20H2,1-4H3/t24-,31+,36+/m0/s1. The van der Waals surface area contributed by atoms with Gasteiger partial charge in [-0.2, -0.15) is 0 Å². The number of benzene rings is 3. The molecule has 1 saturated heterocycles. The number of rotatable bonds is 8. The van der Waals surface area contributed by atoms with Gasteiger partial charge < -0.3 is 23.8 Å². The van der Waals surface area contributed by atoms with Gasteiger partial charge in [-0.3, -0.25) is 9.59 Å². The Hall–Kier alpha value is -5.06. The van der Waals surface area contributed by atoms with Crippen LogP contribution in [0.2, 0.25) is 0 Å². The predicted octanol–water partition coefficient (Wildman–Crippen LogP) is 5.23. The molecule has 0 unspecified atom stereocenters. The van der Waals surface area contributed by atoms with Gasteiger partial charge in [0.15, 0.2) is 23.0 Å². The first-order valence-electron chi connectivity index (χ1n) is 15.2. The molecule has 0 spiro atoms. The number of likely N-dealkylation sites (tertiary alicyclic amines) is 1. The fraction of sp³-hybridized carbons (Fsp3) is 0.306. The van der Waals surface area contributed by atoms with Gasteiger partial charge in [-0.25, -0.2) is 18.0 Å². The molecule has 3 atom stereocenters. The second-order valence-corrected chi connectivity index (χ2v) is 12.3. The minimum atomic E-state index is -1.57. The van der Waals surface area contributed by atoms with E-state index in [1.54, 1.807) is 79.2 Å². The van der Waals surface area contributed by atoms with E-state index < -0.39 is 34.9 Å². The topological polar surface area (TPSA) is 81.1 Å². The van der Waals surface area contributed by atoms with Gasteiger partial charge in [0.2, 0.25) is 0 Å². The Morgan fingerprint density at radius 2 is 1.57 bits per heavy atom. The number of ether oxygens (including phenoxy) is 2. The zero-order valence-electron chi connectivity index (χ0n) is 26.4. The van der Waals surface area contributed by atoms with Crippen molar-refractivity contribution in [3.05, 3.63) is 124 Å². The highest BCUT2D eigenvalue weighted by Gasteiger charge is 2.64. The molecular weight excluding hydrogens is 611 g/mol. The second-order valence-electron chi connectivity index (χ2n) is 12.3. The highest BCUT2D eigenvalue weighted by molar-refractivity contribution is 6.00. The number of fused-ring (bicyclic) bond motifs is 3. The molecule has 1 aliphatic carbocycles. The summed E-state index contributed by atoms with van der Waals surface area (Å²) in [6, 6.07) is 19.5. The number of aromatic nitrogens is 1. The molecule has 1 aromatic heterocycles. The summed E-state index contributed by atoms with van der Waals surface area (Å²) in [6.07, 6.45) is 0.478. The molecular formula is C36H34F3N3O5. The van der Waals surface area contributed by atoms with Crippen LogP contribution in [0, 0.1) is 23.4 Å². The molecule has 3 aromatic carbocycles. The molecule has 0 N–H and O–H groups in total. The lowest BCUT2D eigenvalue weighted by molar-refractivity contribution is -0.153. The first-order valence-corrected chi connectivity index (χ1v) is 15.2. The Kier molecular flexibility index (Phi) is 8.33. The third-order valence-electron chi connectivity index (χ3n) is 9.36. The third-order valence-corrected chi connectivity index (χ3v) is 9.36. The van der Waals surface area contributed by atoms with Gasteiger partial charge in [-0.15, -0.1) is 0 Å². The van der Waals surface area contributed by atoms with Crippen LogP contribution in [0.25, 0.3) is 0 Å². The van der Waals surface area contributed by atoms with E-state index in [4.69, 9.17) is 9.47 Å². The molecule has 2 heterocycles. The molecule has 8 nitrogen and oxygen atoms in total.